The van der Waals surface area contributed by atoms with Gasteiger partial charge in [-0.1, -0.05) is 53.2 Å². The standard InChI is InChI=1S/C17H16BrN3/c1-2-12-6-8-13(9-7-12)17-16(19)11-21(20-17)15-5-3-4-14(18)10-15/h3-11H,2,19H2,1H3. The molecule has 3 aromatic rings. The molecule has 0 aliphatic rings. The van der Waals surface area contributed by atoms with Crippen molar-refractivity contribution < 1.29 is 0 Å². The minimum Gasteiger partial charge on any atom is -0.396 e. The summed E-state index contributed by atoms with van der Waals surface area (Å²) in [5.74, 6) is 0. The average Bonchev–Trinajstić information content (AvgIpc) is 2.89. The summed E-state index contributed by atoms with van der Waals surface area (Å²) in [5.41, 5.74) is 10.9. The lowest BCUT2D eigenvalue weighted by molar-refractivity contribution is 0.883. The summed E-state index contributed by atoms with van der Waals surface area (Å²) in [4.78, 5) is 0. The van der Waals surface area contributed by atoms with Gasteiger partial charge in [0.05, 0.1) is 17.6 Å². The van der Waals surface area contributed by atoms with E-state index in [4.69, 9.17) is 5.73 Å². The van der Waals surface area contributed by atoms with Crippen molar-refractivity contribution in [2.24, 2.45) is 0 Å². The summed E-state index contributed by atoms with van der Waals surface area (Å²) in [5, 5.41) is 4.62. The second-order valence-electron chi connectivity index (χ2n) is 4.91. The van der Waals surface area contributed by atoms with E-state index in [9.17, 15) is 0 Å². The molecule has 0 spiro atoms. The number of anilines is 1. The first-order valence-corrected chi connectivity index (χ1v) is 7.67. The Kier molecular flexibility index (Phi) is 3.80. The maximum atomic E-state index is 6.12. The van der Waals surface area contributed by atoms with Crippen LogP contribution in [0.5, 0.6) is 0 Å². The molecule has 1 heterocycles. The first kappa shape index (κ1) is 13.9. The maximum absolute atomic E-state index is 6.12. The van der Waals surface area contributed by atoms with E-state index in [1.54, 1.807) is 0 Å². The van der Waals surface area contributed by atoms with Crippen molar-refractivity contribution in [1.82, 2.24) is 9.78 Å². The highest BCUT2D eigenvalue weighted by Crippen LogP contribution is 2.26. The lowest BCUT2D eigenvalue weighted by Gasteiger charge is -2.02. The predicted molar refractivity (Wildman–Crippen MR) is 90.5 cm³/mol. The molecule has 0 radical (unpaired) electrons. The lowest BCUT2D eigenvalue weighted by atomic mass is 10.1. The summed E-state index contributed by atoms with van der Waals surface area (Å²) in [6.07, 6.45) is 2.88. The van der Waals surface area contributed by atoms with Gasteiger partial charge in [0.25, 0.3) is 0 Å². The molecule has 4 heteroatoms. The van der Waals surface area contributed by atoms with E-state index in [0.29, 0.717) is 5.69 Å². The van der Waals surface area contributed by atoms with Crippen LogP contribution in [0, 0.1) is 0 Å². The molecule has 1 aromatic heterocycles. The fourth-order valence-electron chi connectivity index (χ4n) is 2.26. The molecule has 21 heavy (non-hydrogen) atoms. The molecular weight excluding hydrogens is 326 g/mol. The predicted octanol–water partition coefficient (Wildman–Crippen LogP) is 4.45. The van der Waals surface area contributed by atoms with Crippen LogP contribution in [-0.4, -0.2) is 9.78 Å². The molecule has 3 nitrogen and oxygen atoms in total. The van der Waals surface area contributed by atoms with E-state index in [1.165, 1.54) is 5.56 Å². The van der Waals surface area contributed by atoms with Crippen LogP contribution in [0.3, 0.4) is 0 Å². The zero-order valence-corrected chi connectivity index (χ0v) is 13.3. The number of hydrogen-bond donors (Lipinski definition) is 1. The van der Waals surface area contributed by atoms with Gasteiger partial charge in [0, 0.05) is 10.0 Å². The summed E-state index contributed by atoms with van der Waals surface area (Å²) >= 11 is 3.47. The van der Waals surface area contributed by atoms with Crippen molar-refractivity contribution in [3.05, 3.63) is 64.8 Å². The monoisotopic (exact) mass is 341 g/mol. The van der Waals surface area contributed by atoms with Gasteiger partial charge in [-0.3, -0.25) is 0 Å². The van der Waals surface area contributed by atoms with E-state index in [2.05, 4.69) is 52.2 Å². The Hall–Kier alpha value is -2.07. The molecule has 0 saturated heterocycles. The lowest BCUT2D eigenvalue weighted by Crippen LogP contribution is -1.94. The van der Waals surface area contributed by atoms with E-state index in [0.717, 1.165) is 27.8 Å². The summed E-state index contributed by atoms with van der Waals surface area (Å²) in [6, 6.07) is 16.4. The maximum Gasteiger partial charge on any atom is 0.116 e. The number of nitrogens with zero attached hydrogens (tertiary/aromatic N) is 2. The highest BCUT2D eigenvalue weighted by atomic mass is 79.9. The Balaban J connectivity index is 2.01. The van der Waals surface area contributed by atoms with Crippen LogP contribution in [0.25, 0.3) is 16.9 Å². The van der Waals surface area contributed by atoms with Crippen LogP contribution in [-0.2, 0) is 6.42 Å². The zero-order valence-electron chi connectivity index (χ0n) is 11.8. The van der Waals surface area contributed by atoms with Gasteiger partial charge in [0.2, 0.25) is 0 Å². The van der Waals surface area contributed by atoms with Gasteiger partial charge < -0.3 is 5.73 Å². The van der Waals surface area contributed by atoms with E-state index in [1.807, 2.05) is 35.1 Å². The Morgan fingerprint density at radius 2 is 1.90 bits per heavy atom. The van der Waals surface area contributed by atoms with Crippen molar-refractivity contribution in [2.45, 2.75) is 13.3 Å². The average molecular weight is 342 g/mol. The molecule has 0 fully saturated rings. The minimum atomic E-state index is 0.680. The van der Waals surface area contributed by atoms with E-state index < -0.39 is 0 Å². The van der Waals surface area contributed by atoms with Crippen molar-refractivity contribution in [1.29, 1.82) is 0 Å². The van der Waals surface area contributed by atoms with Gasteiger partial charge in [-0.05, 0) is 30.2 Å². The Morgan fingerprint density at radius 1 is 1.14 bits per heavy atom. The van der Waals surface area contributed by atoms with Crippen molar-refractivity contribution in [2.75, 3.05) is 5.73 Å². The molecule has 106 valence electrons. The number of aryl methyl sites for hydroxylation is 1. The Bertz CT molecular complexity index is 760. The largest absolute Gasteiger partial charge is 0.396 e. The van der Waals surface area contributed by atoms with E-state index in [-0.39, 0.29) is 0 Å². The molecule has 0 unspecified atom stereocenters. The minimum absolute atomic E-state index is 0.680. The Morgan fingerprint density at radius 3 is 2.57 bits per heavy atom. The molecule has 0 saturated carbocycles. The van der Waals surface area contributed by atoms with Crippen molar-refractivity contribution in [3.8, 4) is 16.9 Å². The molecule has 0 atom stereocenters. The summed E-state index contributed by atoms with van der Waals surface area (Å²) in [6.45, 7) is 2.14. The van der Waals surface area contributed by atoms with Crippen LogP contribution in [0.1, 0.15) is 12.5 Å². The quantitative estimate of drug-likeness (QED) is 0.764. The topological polar surface area (TPSA) is 43.8 Å². The molecule has 0 amide bonds. The highest BCUT2D eigenvalue weighted by Gasteiger charge is 2.09. The number of halogens is 1. The van der Waals surface area contributed by atoms with Gasteiger partial charge in [-0.25, -0.2) is 4.68 Å². The highest BCUT2D eigenvalue weighted by molar-refractivity contribution is 9.10. The third kappa shape index (κ3) is 2.85. The van der Waals surface area contributed by atoms with Gasteiger partial charge in [0.1, 0.15) is 5.69 Å². The molecular formula is C17H16BrN3. The summed E-state index contributed by atoms with van der Waals surface area (Å²) in [7, 11) is 0. The SMILES string of the molecule is CCc1ccc(-c2nn(-c3cccc(Br)c3)cc2N)cc1. The number of nitrogens with two attached hydrogens (primary N) is 1. The van der Waals surface area contributed by atoms with Gasteiger partial charge in [-0.2, -0.15) is 5.10 Å². The number of hydrogen-bond acceptors (Lipinski definition) is 2. The van der Waals surface area contributed by atoms with Gasteiger partial charge in [0.15, 0.2) is 0 Å². The normalized spacial score (nSPS) is 10.8. The molecule has 0 bridgehead atoms. The third-order valence-corrected chi connectivity index (χ3v) is 3.94. The fourth-order valence-corrected chi connectivity index (χ4v) is 2.65. The second kappa shape index (κ2) is 5.74. The number of nitrogen functional groups attached to an aromatic ring is 1. The first-order valence-electron chi connectivity index (χ1n) is 6.88. The molecule has 2 aromatic carbocycles. The number of benzene rings is 2. The number of rotatable bonds is 3. The van der Waals surface area contributed by atoms with Crippen molar-refractivity contribution in [3.63, 3.8) is 0 Å². The molecule has 0 aliphatic carbocycles. The third-order valence-electron chi connectivity index (χ3n) is 3.45. The van der Waals surface area contributed by atoms with E-state index >= 15 is 0 Å². The van der Waals surface area contributed by atoms with Crippen molar-refractivity contribution >= 4 is 21.6 Å². The van der Waals surface area contributed by atoms with Crippen LogP contribution in [0.15, 0.2) is 59.2 Å². The molecule has 3 rings (SSSR count). The first-order chi connectivity index (χ1) is 10.2. The van der Waals surface area contributed by atoms with Crippen LogP contribution in [0.4, 0.5) is 5.69 Å². The van der Waals surface area contributed by atoms with Gasteiger partial charge >= 0.3 is 0 Å². The number of aromatic nitrogens is 2. The van der Waals surface area contributed by atoms with Crippen LogP contribution in [0.2, 0.25) is 0 Å². The second-order valence-corrected chi connectivity index (χ2v) is 5.82. The van der Waals surface area contributed by atoms with Crippen LogP contribution >= 0.6 is 15.9 Å². The molecule has 2 N–H and O–H groups in total. The fraction of sp³-hybridized carbons (Fsp3) is 0.118. The smallest absolute Gasteiger partial charge is 0.116 e. The zero-order chi connectivity index (χ0) is 14.8. The Labute approximate surface area is 132 Å². The molecule has 0 aliphatic heterocycles. The van der Waals surface area contributed by atoms with Crippen LogP contribution < -0.4 is 5.73 Å². The summed E-state index contributed by atoms with van der Waals surface area (Å²) < 4.78 is 2.83. The van der Waals surface area contributed by atoms with Gasteiger partial charge in [-0.15, -0.1) is 0 Å².